The Hall–Kier alpha value is -2.80. The summed E-state index contributed by atoms with van der Waals surface area (Å²) in [5.74, 6) is 1.92. The van der Waals surface area contributed by atoms with Gasteiger partial charge in [0.2, 0.25) is 5.91 Å². The van der Waals surface area contributed by atoms with Crippen LogP contribution in [0.25, 0.3) is 5.69 Å². The van der Waals surface area contributed by atoms with Crippen LogP contribution in [0.15, 0.2) is 53.1 Å². The fourth-order valence-corrected chi connectivity index (χ4v) is 3.74. The van der Waals surface area contributed by atoms with E-state index in [0.717, 1.165) is 21.3 Å². The molecule has 7 heteroatoms. The van der Waals surface area contributed by atoms with Crippen molar-refractivity contribution in [2.45, 2.75) is 19.3 Å². The number of fused-ring (bicyclic) bond motifs is 1. The zero-order chi connectivity index (χ0) is 19.7. The fraction of sp³-hybridized carbons (Fsp3) is 0.238. The molecule has 144 valence electrons. The zero-order valence-electron chi connectivity index (χ0n) is 15.6. The minimum absolute atomic E-state index is 0.0378. The highest BCUT2D eigenvalue weighted by Crippen LogP contribution is 2.40. The summed E-state index contributed by atoms with van der Waals surface area (Å²) in [5.41, 5.74) is 2.86. The monoisotopic (exact) mass is 441 g/mol. The number of amides is 1. The van der Waals surface area contributed by atoms with E-state index in [1.54, 1.807) is 11.8 Å². The van der Waals surface area contributed by atoms with Gasteiger partial charge in [0, 0.05) is 22.4 Å². The molecule has 28 heavy (non-hydrogen) atoms. The van der Waals surface area contributed by atoms with Gasteiger partial charge < -0.3 is 14.8 Å². The predicted octanol–water partition coefficient (Wildman–Crippen LogP) is 4.52. The first-order valence-corrected chi connectivity index (χ1v) is 9.84. The number of aromatic nitrogens is 2. The fourth-order valence-electron chi connectivity index (χ4n) is 3.47. The van der Waals surface area contributed by atoms with Gasteiger partial charge in [-0.2, -0.15) is 5.10 Å². The third-order valence-electron chi connectivity index (χ3n) is 4.78. The molecule has 1 aliphatic heterocycles. The summed E-state index contributed by atoms with van der Waals surface area (Å²) in [5, 5.41) is 7.50. The standard InChI is InChI=1S/C21H20BrN3O3/c1-3-28-18-9-4-13(10-19(18)27-2)16-11-20(26)24-21-17(16)12-23-25(21)15-7-5-14(22)6-8-15/h4-10,12,16H,3,11H2,1-2H3,(H,24,26)/t16-/m0/s1. The van der Waals surface area contributed by atoms with Crippen molar-refractivity contribution in [2.75, 3.05) is 19.0 Å². The predicted molar refractivity (Wildman–Crippen MR) is 111 cm³/mol. The summed E-state index contributed by atoms with van der Waals surface area (Å²) >= 11 is 3.44. The molecule has 0 saturated carbocycles. The summed E-state index contributed by atoms with van der Waals surface area (Å²) in [6.07, 6.45) is 2.18. The third-order valence-corrected chi connectivity index (χ3v) is 5.31. The van der Waals surface area contributed by atoms with Crippen molar-refractivity contribution in [3.8, 4) is 17.2 Å². The van der Waals surface area contributed by atoms with Crippen molar-refractivity contribution < 1.29 is 14.3 Å². The summed E-state index contributed by atoms with van der Waals surface area (Å²) < 4.78 is 13.8. The summed E-state index contributed by atoms with van der Waals surface area (Å²) in [6, 6.07) is 13.6. The molecular formula is C21H20BrN3O3. The van der Waals surface area contributed by atoms with E-state index in [0.29, 0.717) is 30.3 Å². The minimum atomic E-state index is -0.0995. The molecule has 1 aliphatic rings. The average Bonchev–Trinajstić information content (AvgIpc) is 3.12. The Morgan fingerprint density at radius 1 is 1.21 bits per heavy atom. The molecule has 1 amide bonds. The number of benzene rings is 2. The average molecular weight is 442 g/mol. The molecule has 3 aromatic rings. The van der Waals surface area contributed by atoms with Crippen molar-refractivity contribution in [1.29, 1.82) is 0 Å². The lowest BCUT2D eigenvalue weighted by Gasteiger charge is -2.24. The summed E-state index contributed by atoms with van der Waals surface area (Å²) in [4.78, 5) is 12.5. The van der Waals surface area contributed by atoms with Crippen LogP contribution in [0.4, 0.5) is 5.82 Å². The highest BCUT2D eigenvalue weighted by Gasteiger charge is 2.31. The van der Waals surface area contributed by atoms with Crippen LogP contribution in [-0.4, -0.2) is 29.4 Å². The van der Waals surface area contributed by atoms with Crippen LogP contribution in [0.1, 0.15) is 30.4 Å². The zero-order valence-corrected chi connectivity index (χ0v) is 17.2. The van der Waals surface area contributed by atoms with Gasteiger partial charge in [-0.25, -0.2) is 4.68 Å². The second-order valence-electron chi connectivity index (χ2n) is 6.48. The molecule has 1 N–H and O–H groups in total. The number of nitrogens with one attached hydrogen (secondary N) is 1. The number of anilines is 1. The van der Waals surface area contributed by atoms with Crippen LogP contribution in [0.2, 0.25) is 0 Å². The number of rotatable bonds is 5. The van der Waals surface area contributed by atoms with Gasteiger partial charge in [0.05, 0.1) is 25.6 Å². The number of halogens is 1. The SMILES string of the molecule is CCOc1ccc([C@@H]2CC(=O)Nc3c2cnn3-c2ccc(Br)cc2)cc1OC. The number of ether oxygens (including phenoxy) is 2. The molecular weight excluding hydrogens is 422 g/mol. The highest BCUT2D eigenvalue weighted by atomic mass is 79.9. The number of methoxy groups -OCH3 is 1. The van der Waals surface area contributed by atoms with E-state index in [2.05, 4.69) is 26.3 Å². The van der Waals surface area contributed by atoms with Crippen LogP contribution in [0.5, 0.6) is 11.5 Å². The molecule has 1 atom stereocenters. The molecule has 0 spiro atoms. The van der Waals surface area contributed by atoms with Gasteiger partial charge in [-0.3, -0.25) is 4.79 Å². The molecule has 1 aromatic heterocycles. The van der Waals surface area contributed by atoms with Gasteiger partial charge in [0.1, 0.15) is 5.82 Å². The van der Waals surface area contributed by atoms with Crippen LogP contribution in [0.3, 0.4) is 0 Å². The Balaban J connectivity index is 1.76. The Kier molecular flexibility index (Phi) is 5.09. The number of carbonyl (C=O) groups is 1. The maximum Gasteiger partial charge on any atom is 0.226 e. The molecule has 0 fully saturated rings. The normalized spacial score (nSPS) is 15.7. The first-order chi connectivity index (χ1) is 13.6. The lowest BCUT2D eigenvalue weighted by molar-refractivity contribution is -0.116. The van der Waals surface area contributed by atoms with E-state index < -0.39 is 0 Å². The molecule has 4 rings (SSSR count). The van der Waals surface area contributed by atoms with Crippen LogP contribution in [0, 0.1) is 0 Å². The van der Waals surface area contributed by atoms with Crippen LogP contribution in [-0.2, 0) is 4.79 Å². The maximum atomic E-state index is 12.5. The Morgan fingerprint density at radius 2 is 2.00 bits per heavy atom. The van der Waals surface area contributed by atoms with Gasteiger partial charge in [-0.1, -0.05) is 22.0 Å². The lowest BCUT2D eigenvalue weighted by Crippen LogP contribution is -2.24. The first-order valence-electron chi connectivity index (χ1n) is 9.05. The van der Waals surface area contributed by atoms with Crippen molar-refractivity contribution in [3.05, 3.63) is 64.3 Å². The largest absolute Gasteiger partial charge is 0.493 e. The molecule has 0 aliphatic carbocycles. The Labute approximate surface area is 171 Å². The number of hydrogen-bond acceptors (Lipinski definition) is 4. The van der Waals surface area contributed by atoms with E-state index >= 15 is 0 Å². The van der Waals surface area contributed by atoms with Gasteiger partial charge in [0.25, 0.3) is 0 Å². The second-order valence-corrected chi connectivity index (χ2v) is 7.40. The maximum absolute atomic E-state index is 12.5. The number of nitrogens with zero attached hydrogens (tertiary/aromatic N) is 2. The van der Waals surface area contributed by atoms with E-state index in [1.807, 2.05) is 55.6 Å². The van der Waals surface area contributed by atoms with E-state index in [9.17, 15) is 4.79 Å². The first kappa shape index (κ1) is 18.6. The van der Waals surface area contributed by atoms with Gasteiger partial charge in [-0.15, -0.1) is 0 Å². The second kappa shape index (κ2) is 7.67. The third kappa shape index (κ3) is 3.38. The molecule has 0 bridgehead atoms. The topological polar surface area (TPSA) is 65.4 Å². The van der Waals surface area contributed by atoms with Crippen molar-refractivity contribution >= 4 is 27.7 Å². The minimum Gasteiger partial charge on any atom is -0.493 e. The molecule has 0 unspecified atom stereocenters. The highest BCUT2D eigenvalue weighted by molar-refractivity contribution is 9.10. The summed E-state index contributed by atoms with van der Waals surface area (Å²) in [6.45, 7) is 2.49. The molecule has 0 radical (unpaired) electrons. The van der Waals surface area contributed by atoms with E-state index in [4.69, 9.17) is 9.47 Å². The van der Waals surface area contributed by atoms with E-state index in [-0.39, 0.29) is 11.8 Å². The van der Waals surface area contributed by atoms with Gasteiger partial charge in [0.15, 0.2) is 11.5 Å². The van der Waals surface area contributed by atoms with E-state index in [1.165, 1.54) is 0 Å². The smallest absolute Gasteiger partial charge is 0.226 e. The summed E-state index contributed by atoms with van der Waals surface area (Å²) in [7, 11) is 1.62. The van der Waals surface area contributed by atoms with Crippen molar-refractivity contribution in [3.63, 3.8) is 0 Å². The van der Waals surface area contributed by atoms with Gasteiger partial charge >= 0.3 is 0 Å². The van der Waals surface area contributed by atoms with Crippen molar-refractivity contribution in [2.24, 2.45) is 0 Å². The Morgan fingerprint density at radius 3 is 2.71 bits per heavy atom. The lowest BCUT2D eigenvalue weighted by atomic mass is 9.87. The molecule has 2 aromatic carbocycles. The molecule has 0 saturated heterocycles. The molecule has 6 nitrogen and oxygen atoms in total. The number of carbonyl (C=O) groups excluding carboxylic acids is 1. The molecule has 2 heterocycles. The Bertz CT molecular complexity index is 1010. The van der Waals surface area contributed by atoms with Crippen LogP contribution >= 0.6 is 15.9 Å². The quantitative estimate of drug-likeness (QED) is 0.631. The number of hydrogen-bond donors (Lipinski definition) is 1. The van der Waals surface area contributed by atoms with Crippen molar-refractivity contribution in [1.82, 2.24) is 9.78 Å². The van der Waals surface area contributed by atoms with Gasteiger partial charge in [-0.05, 0) is 48.9 Å². The van der Waals surface area contributed by atoms with Crippen LogP contribution < -0.4 is 14.8 Å².